The first-order chi connectivity index (χ1) is 15.9. The van der Waals surface area contributed by atoms with Crippen LogP contribution >= 0.6 is 22.6 Å². The number of carbonyl (C=O) groups excluding carboxylic acids is 4. The molecule has 1 aliphatic carbocycles. The minimum Gasteiger partial charge on any atom is -0.349 e. The number of halogens is 1. The van der Waals surface area contributed by atoms with Gasteiger partial charge in [-0.05, 0) is 52.4 Å². The molecule has 0 unspecified atom stereocenters. The first-order valence-corrected chi connectivity index (χ1v) is 11.6. The summed E-state index contributed by atoms with van der Waals surface area (Å²) in [7, 11) is 0. The maximum atomic E-state index is 13.8. The topological polar surface area (TPSA) is 80.8 Å². The van der Waals surface area contributed by atoms with Gasteiger partial charge in [0.15, 0.2) is 0 Å². The lowest BCUT2D eigenvalue weighted by atomic mass is 9.77. The summed E-state index contributed by atoms with van der Waals surface area (Å²) in [6.45, 7) is 0. The van der Waals surface area contributed by atoms with Crippen LogP contribution in [0, 0.1) is 15.4 Å². The average molecular weight is 549 g/mol. The summed E-state index contributed by atoms with van der Waals surface area (Å²) in [5.41, 5.74) is -0.533. The number of amides is 2. The van der Waals surface area contributed by atoms with E-state index in [0.29, 0.717) is 11.3 Å². The third-order valence-corrected chi connectivity index (χ3v) is 7.45. The van der Waals surface area contributed by atoms with Crippen LogP contribution in [0.3, 0.4) is 0 Å². The number of imide groups is 1. The number of nitrogens with zero attached hydrogens (tertiary/aromatic N) is 1. The fourth-order valence-corrected chi connectivity index (χ4v) is 5.67. The monoisotopic (exact) mass is 549 g/mol. The Morgan fingerprint density at radius 2 is 1.30 bits per heavy atom. The zero-order chi connectivity index (χ0) is 22.9. The van der Waals surface area contributed by atoms with E-state index in [-0.39, 0.29) is 11.1 Å². The molecule has 2 aliphatic heterocycles. The smallest absolute Gasteiger partial charge is 0.241 e. The molecule has 3 aromatic carbocycles. The highest BCUT2D eigenvalue weighted by Crippen LogP contribution is 2.57. The van der Waals surface area contributed by atoms with Gasteiger partial charge in [0.2, 0.25) is 29.0 Å². The summed E-state index contributed by atoms with van der Waals surface area (Å²) < 4.78 is 7.20. The minimum atomic E-state index is -2.04. The molecule has 2 amide bonds. The van der Waals surface area contributed by atoms with Crippen molar-refractivity contribution in [2.24, 2.45) is 11.8 Å². The third-order valence-electron chi connectivity index (χ3n) is 6.73. The molecule has 3 aliphatic rings. The van der Waals surface area contributed by atoms with Crippen molar-refractivity contribution in [1.82, 2.24) is 0 Å². The van der Waals surface area contributed by atoms with Gasteiger partial charge in [0.1, 0.15) is 0 Å². The van der Waals surface area contributed by atoms with Crippen LogP contribution in [0.25, 0.3) is 0 Å². The van der Waals surface area contributed by atoms with E-state index in [1.54, 1.807) is 72.8 Å². The summed E-state index contributed by atoms with van der Waals surface area (Å²) >= 11 is 2.14. The zero-order valence-electron chi connectivity index (χ0n) is 17.1. The number of ketones is 2. The number of rotatable bonds is 2. The molecule has 0 bridgehead atoms. The lowest BCUT2D eigenvalue weighted by Crippen LogP contribution is -2.51. The predicted molar refractivity (Wildman–Crippen MR) is 127 cm³/mol. The van der Waals surface area contributed by atoms with Gasteiger partial charge in [0.25, 0.3) is 0 Å². The molecule has 2 heterocycles. The van der Waals surface area contributed by atoms with Gasteiger partial charge < -0.3 is 4.74 Å². The quantitative estimate of drug-likeness (QED) is 0.275. The Bertz CT molecular complexity index is 1320. The molecule has 2 saturated heterocycles. The predicted octanol–water partition coefficient (Wildman–Crippen LogP) is 3.99. The minimum absolute atomic E-state index is 0.225. The molecule has 0 N–H and O–H groups in total. The van der Waals surface area contributed by atoms with E-state index in [1.807, 2.05) is 6.07 Å². The van der Waals surface area contributed by atoms with Crippen molar-refractivity contribution in [2.75, 3.05) is 4.90 Å². The molecule has 0 aromatic heterocycles. The van der Waals surface area contributed by atoms with E-state index in [9.17, 15) is 19.2 Å². The number of ether oxygens (including phenoxy) is 1. The number of hydrogen-bond donors (Lipinski definition) is 0. The van der Waals surface area contributed by atoms with Crippen molar-refractivity contribution in [2.45, 2.75) is 11.7 Å². The Hall–Kier alpha value is -3.17. The van der Waals surface area contributed by atoms with Crippen molar-refractivity contribution < 1.29 is 23.9 Å². The Morgan fingerprint density at radius 1 is 0.727 bits per heavy atom. The lowest BCUT2D eigenvalue weighted by molar-refractivity contribution is -0.127. The number of benzene rings is 3. The highest BCUT2D eigenvalue weighted by Gasteiger charge is 2.74. The van der Waals surface area contributed by atoms with E-state index in [4.69, 9.17) is 4.74 Å². The summed E-state index contributed by atoms with van der Waals surface area (Å²) in [5.74, 6) is -4.37. The van der Waals surface area contributed by atoms with E-state index >= 15 is 0 Å². The van der Waals surface area contributed by atoms with Gasteiger partial charge in [-0.3, -0.25) is 19.2 Å². The number of anilines is 1. The fraction of sp³-hybridized carbons (Fsp3) is 0.154. The Balaban J connectivity index is 1.55. The van der Waals surface area contributed by atoms with Gasteiger partial charge in [-0.2, -0.15) is 0 Å². The highest BCUT2D eigenvalue weighted by atomic mass is 127. The Morgan fingerprint density at radius 3 is 1.91 bits per heavy atom. The number of hydrogen-bond acceptors (Lipinski definition) is 5. The van der Waals surface area contributed by atoms with Crippen molar-refractivity contribution in [3.8, 4) is 0 Å². The number of fused-ring (bicyclic) bond motifs is 3. The first kappa shape index (κ1) is 20.4. The van der Waals surface area contributed by atoms with Gasteiger partial charge in [0, 0.05) is 14.7 Å². The molecule has 162 valence electrons. The molecular formula is C26H16INO5. The van der Waals surface area contributed by atoms with E-state index in [2.05, 4.69) is 22.6 Å². The summed E-state index contributed by atoms with van der Waals surface area (Å²) in [6.07, 6.45) is -0.899. The van der Waals surface area contributed by atoms with Gasteiger partial charge in [-0.25, -0.2) is 4.90 Å². The van der Waals surface area contributed by atoms with Crippen LogP contribution in [0.1, 0.15) is 32.4 Å². The molecule has 2 fully saturated rings. The molecule has 1 spiro atoms. The second-order valence-electron chi connectivity index (χ2n) is 8.38. The van der Waals surface area contributed by atoms with Crippen molar-refractivity contribution in [1.29, 1.82) is 0 Å². The zero-order valence-corrected chi connectivity index (χ0v) is 19.3. The van der Waals surface area contributed by atoms with Gasteiger partial charge in [-0.1, -0.05) is 54.6 Å². The molecule has 0 radical (unpaired) electrons. The largest absolute Gasteiger partial charge is 0.349 e. The van der Waals surface area contributed by atoms with Crippen LogP contribution in [-0.2, 0) is 14.3 Å². The van der Waals surface area contributed by atoms with Crippen molar-refractivity contribution in [3.05, 3.63) is 99.1 Å². The highest BCUT2D eigenvalue weighted by molar-refractivity contribution is 14.1. The van der Waals surface area contributed by atoms with Crippen LogP contribution in [0.5, 0.6) is 0 Å². The molecule has 3 atom stereocenters. The van der Waals surface area contributed by atoms with Crippen molar-refractivity contribution in [3.63, 3.8) is 0 Å². The van der Waals surface area contributed by atoms with Crippen molar-refractivity contribution >= 4 is 51.7 Å². The summed E-state index contributed by atoms with van der Waals surface area (Å²) in [6, 6.07) is 22.4. The maximum Gasteiger partial charge on any atom is 0.241 e. The lowest BCUT2D eigenvalue weighted by Gasteiger charge is -2.27. The second-order valence-corrected chi connectivity index (χ2v) is 9.63. The Kier molecular flexibility index (Phi) is 4.44. The van der Waals surface area contributed by atoms with Gasteiger partial charge in [0.05, 0.1) is 23.6 Å². The SMILES string of the molecule is O=C1[C@H]2[C@@H](c3ccccc3)OC3(C(=O)c4ccccc4C3=O)[C@@H]2C(=O)N1c1ccc(I)cc1. The maximum absolute atomic E-state index is 13.8. The average Bonchev–Trinajstić information content (AvgIpc) is 3.41. The molecule has 0 saturated carbocycles. The molecule has 6 nitrogen and oxygen atoms in total. The number of carbonyl (C=O) groups is 4. The second kappa shape index (κ2) is 7.16. The molecule has 6 rings (SSSR count). The van der Waals surface area contributed by atoms with Crippen LogP contribution in [0.2, 0.25) is 0 Å². The molecule has 33 heavy (non-hydrogen) atoms. The van der Waals surface area contributed by atoms with E-state index in [1.165, 1.54) is 0 Å². The van der Waals surface area contributed by atoms with Gasteiger partial charge >= 0.3 is 0 Å². The Labute approximate surface area is 202 Å². The first-order valence-electron chi connectivity index (χ1n) is 10.5. The standard InChI is InChI=1S/C26H16INO5/c27-15-10-12-16(13-11-15)28-24(31)19-20(25(28)32)26(33-21(19)14-6-2-1-3-7-14)22(29)17-8-4-5-9-18(17)23(26)30/h1-13,19-21H/t19-,20+,21-/m1/s1. The van der Waals surface area contributed by atoms with Crippen LogP contribution in [0.15, 0.2) is 78.9 Å². The number of Topliss-reactive ketones (excluding diaryl/α,β-unsaturated/α-hetero) is 2. The van der Waals surface area contributed by atoms with E-state index in [0.717, 1.165) is 8.47 Å². The summed E-state index contributed by atoms with van der Waals surface area (Å²) in [5, 5.41) is 0. The molecular weight excluding hydrogens is 533 g/mol. The fourth-order valence-electron chi connectivity index (χ4n) is 5.31. The summed E-state index contributed by atoms with van der Waals surface area (Å²) in [4.78, 5) is 55.9. The normalized spacial score (nSPS) is 25.1. The van der Waals surface area contributed by atoms with Crippen LogP contribution in [0.4, 0.5) is 5.69 Å². The molecule has 7 heteroatoms. The van der Waals surface area contributed by atoms with E-state index < -0.39 is 46.9 Å². The van der Waals surface area contributed by atoms with Gasteiger partial charge in [-0.15, -0.1) is 0 Å². The van der Waals surface area contributed by atoms with Crippen LogP contribution < -0.4 is 4.90 Å². The third kappa shape index (κ3) is 2.63. The van der Waals surface area contributed by atoms with Crippen LogP contribution in [-0.4, -0.2) is 29.0 Å². The molecule has 3 aromatic rings.